The zero-order valence-corrected chi connectivity index (χ0v) is 34.9. The van der Waals surface area contributed by atoms with Crippen molar-refractivity contribution in [3.8, 4) is 0 Å². The second-order valence-electron chi connectivity index (χ2n) is 13.9. The lowest BCUT2D eigenvalue weighted by Gasteiger charge is -2.06. The molecule has 328 valence electrons. The van der Waals surface area contributed by atoms with E-state index in [4.69, 9.17) is 0 Å². The van der Waals surface area contributed by atoms with Gasteiger partial charge in [-0.1, -0.05) is 0 Å². The van der Waals surface area contributed by atoms with Crippen LogP contribution in [0.1, 0.15) is 79.0 Å². The molecule has 0 unspecified atom stereocenters. The van der Waals surface area contributed by atoms with Gasteiger partial charge in [-0.15, -0.1) is 0 Å². The highest BCUT2D eigenvalue weighted by Crippen LogP contribution is 2.17. The zero-order chi connectivity index (χ0) is 45.1. The number of hydrogen-bond donors (Lipinski definition) is 8. The fourth-order valence-corrected chi connectivity index (χ4v) is 5.98. The van der Waals surface area contributed by atoms with Gasteiger partial charge in [0.25, 0.3) is 29.5 Å². The fourth-order valence-electron chi connectivity index (χ4n) is 5.98. The van der Waals surface area contributed by atoms with Crippen LogP contribution in [0.5, 0.6) is 0 Å². The fraction of sp³-hybridized carbons (Fsp3) is 0.342. The molecule has 0 aliphatic heterocycles. The third-order valence-electron chi connectivity index (χ3n) is 9.00. The Kier molecular flexibility index (Phi) is 14.7. The Hall–Kier alpha value is -8.05. The quantitative estimate of drug-likeness (QED) is 0.0540. The lowest BCUT2D eigenvalue weighted by molar-refractivity contribution is -0.121. The Morgan fingerprint density at radius 3 is 1.37 bits per heavy atom. The second kappa shape index (κ2) is 20.3. The van der Waals surface area contributed by atoms with E-state index in [1.165, 1.54) is 55.2 Å². The van der Waals surface area contributed by atoms with Crippen LogP contribution >= 0.6 is 0 Å². The van der Waals surface area contributed by atoms with Crippen LogP contribution in [0.25, 0.3) is 0 Å². The zero-order valence-electron chi connectivity index (χ0n) is 34.9. The van der Waals surface area contributed by atoms with Gasteiger partial charge in [-0.05, 0) is 19.1 Å². The average molecular weight is 857 g/mol. The van der Waals surface area contributed by atoms with Gasteiger partial charge in [-0.3, -0.25) is 38.4 Å². The summed E-state index contributed by atoms with van der Waals surface area (Å²) in [6.07, 6.45) is 9.02. The van der Waals surface area contributed by atoms with Crippen LogP contribution in [0.3, 0.4) is 0 Å². The summed E-state index contributed by atoms with van der Waals surface area (Å²) in [4.78, 5) is 113. The molecule has 0 saturated carbocycles. The third kappa shape index (κ3) is 11.8. The van der Waals surface area contributed by atoms with E-state index in [1.54, 1.807) is 59.1 Å². The van der Waals surface area contributed by atoms with Crippen molar-refractivity contribution in [2.24, 2.45) is 35.2 Å². The maximum Gasteiger partial charge on any atom is 0.291 e. The van der Waals surface area contributed by atoms with Crippen LogP contribution in [0.15, 0.2) is 49.3 Å². The van der Waals surface area contributed by atoms with Gasteiger partial charge in [0.15, 0.2) is 17.5 Å². The standard InChI is InChI=1S/C38H48N16O8/c1-7-39-28(55)8-11-43-36(60)32-48-26(20-53(32)5)46-29(56)9-12-42-35(59)25-17-23(19-52(25)4)45-38(62)33-49-27(21-54(33)6)47-30(57)10-13-41-34(58)24-16-22(18-51(24)3)44-37(61)31-40-14-15-50(31)2/h14-21H,7-13H2,1-6H3,(H,39,55)(H,41,58)(H,42,59)(H,43,60)(H,44,61)(H,45,62)(H,46,56)(H,47,57). The van der Waals surface area contributed by atoms with Crippen LogP contribution in [-0.2, 0) is 49.6 Å². The van der Waals surface area contributed by atoms with Crippen LogP contribution < -0.4 is 42.5 Å². The van der Waals surface area contributed by atoms with E-state index in [0.717, 1.165) is 0 Å². The largest absolute Gasteiger partial charge is 0.356 e. The van der Waals surface area contributed by atoms with Gasteiger partial charge >= 0.3 is 0 Å². The number of imidazole rings is 3. The molecule has 0 aliphatic rings. The van der Waals surface area contributed by atoms with Crippen LogP contribution in [0, 0.1) is 0 Å². The van der Waals surface area contributed by atoms with Crippen molar-refractivity contribution < 1.29 is 38.4 Å². The van der Waals surface area contributed by atoms with E-state index in [9.17, 15) is 38.4 Å². The predicted molar refractivity (Wildman–Crippen MR) is 223 cm³/mol. The molecule has 24 heteroatoms. The monoisotopic (exact) mass is 856 g/mol. The van der Waals surface area contributed by atoms with Crippen molar-refractivity contribution in [2.75, 3.05) is 47.4 Å². The lowest BCUT2D eigenvalue weighted by atomic mass is 10.3. The van der Waals surface area contributed by atoms with E-state index in [1.807, 2.05) is 0 Å². The Bertz CT molecular complexity index is 2500. The molecular formula is C38H48N16O8. The predicted octanol–water partition coefficient (Wildman–Crippen LogP) is -0.158. The summed E-state index contributed by atoms with van der Waals surface area (Å²) in [6, 6.07) is 2.94. The summed E-state index contributed by atoms with van der Waals surface area (Å²) < 4.78 is 7.43. The van der Waals surface area contributed by atoms with Gasteiger partial charge in [-0.2, -0.15) is 0 Å². The molecule has 0 saturated heterocycles. The molecule has 0 aromatic carbocycles. The van der Waals surface area contributed by atoms with Gasteiger partial charge in [0.2, 0.25) is 29.4 Å². The Morgan fingerprint density at radius 1 is 0.484 bits per heavy atom. The first kappa shape index (κ1) is 45.0. The van der Waals surface area contributed by atoms with Gasteiger partial charge in [0, 0.05) is 118 Å². The van der Waals surface area contributed by atoms with Crippen molar-refractivity contribution in [1.29, 1.82) is 0 Å². The smallest absolute Gasteiger partial charge is 0.291 e. The van der Waals surface area contributed by atoms with E-state index in [0.29, 0.717) is 12.2 Å². The molecule has 5 aromatic heterocycles. The molecule has 0 aliphatic carbocycles. The number of anilines is 4. The minimum atomic E-state index is -0.623. The van der Waals surface area contributed by atoms with Crippen molar-refractivity contribution in [3.05, 3.63) is 78.2 Å². The number of nitrogens with zero attached hydrogens (tertiary/aromatic N) is 8. The Balaban J connectivity index is 1.03. The molecule has 0 radical (unpaired) electrons. The highest BCUT2D eigenvalue weighted by molar-refractivity contribution is 6.04. The summed E-state index contributed by atoms with van der Waals surface area (Å²) in [6.45, 7) is 2.35. The summed E-state index contributed by atoms with van der Waals surface area (Å²) in [5, 5.41) is 21.1. The molecule has 5 rings (SSSR count). The van der Waals surface area contributed by atoms with E-state index in [2.05, 4.69) is 57.5 Å². The van der Waals surface area contributed by atoms with Crippen molar-refractivity contribution in [1.82, 2.24) is 59.1 Å². The highest BCUT2D eigenvalue weighted by Gasteiger charge is 2.21. The van der Waals surface area contributed by atoms with E-state index >= 15 is 0 Å². The number of amides is 8. The number of nitrogens with one attached hydrogen (secondary N) is 8. The number of carbonyl (C=O) groups is 8. The van der Waals surface area contributed by atoms with Gasteiger partial charge in [-0.25, -0.2) is 15.0 Å². The van der Waals surface area contributed by atoms with Crippen molar-refractivity contribution in [2.45, 2.75) is 26.2 Å². The Labute approximate surface area is 354 Å². The Morgan fingerprint density at radius 2 is 0.919 bits per heavy atom. The molecule has 0 fully saturated rings. The van der Waals surface area contributed by atoms with Gasteiger partial charge < -0.3 is 65.4 Å². The topological polar surface area (TPSA) is 296 Å². The minimum Gasteiger partial charge on any atom is -0.356 e. The first-order chi connectivity index (χ1) is 29.5. The number of aryl methyl sites for hydroxylation is 5. The molecular weight excluding hydrogens is 809 g/mol. The third-order valence-corrected chi connectivity index (χ3v) is 9.00. The maximum atomic E-state index is 13.1. The minimum absolute atomic E-state index is 0.0144. The molecule has 0 atom stereocenters. The number of hydrogen-bond acceptors (Lipinski definition) is 11. The second-order valence-corrected chi connectivity index (χ2v) is 13.9. The van der Waals surface area contributed by atoms with Crippen LogP contribution in [0.4, 0.5) is 23.0 Å². The summed E-state index contributed by atoms with van der Waals surface area (Å²) in [7, 11) is 8.07. The molecule has 5 aromatic rings. The molecule has 5 heterocycles. The molecule has 62 heavy (non-hydrogen) atoms. The molecule has 0 bridgehead atoms. The van der Waals surface area contributed by atoms with E-state index < -0.39 is 41.4 Å². The number of carbonyl (C=O) groups excluding carboxylic acids is 8. The summed E-state index contributed by atoms with van der Waals surface area (Å²) in [5.74, 6) is -3.25. The number of rotatable bonds is 19. The summed E-state index contributed by atoms with van der Waals surface area (Å²) in [5.41, 5.74) is 1.11. The lowest BCUT2D eigenvalue weighted by Crippen LogP contribution is -2.31. The van der Waals surface area contributed by atoms with Crippen molar-refractivity contribution in [3.63, 3.8) is 0 Å². The first-order valence-electron chi connectivity index (χ1n) is 19.2. The maximum absolute atomic E-state index is 13.1. The van der Waals surface area contributed by atoms with Crippen LogP contribution in [-0.4, -0.2) is 111 Å². The molecule has 8 amide bonds. The average Bonchev–Trinajstić information content (AvgIpc) is 4.04. The van der Waals surface area contributed by atoms with Crippen molar-refractivity contribution >= 4 is 70.3 Å². The van der Waals surface area contributed by atoms with Gasteiger partial charge in [0.1, 0.15) is 11.4 Å². The highest BCUT2D eigenvalue weighted by atomic mass is 16.2. The van der Waals surface area contributed by atoms with Crippen LogP contribution in [0.2, 0.25) is 0 Å². The molecule has 24 nitrogen and oxygen atoms in total. The normalized spacial score (nSPS) is 10.7. The molecule has 0 spiro atoms. The SMILES string of the molecule is CCNC(=O)CCNC(=O)c1nc(NC(=O)CCNC(=O)c2cc(NC(=O)c3nc(NC(=O)CCNC(=O)c4cc(NC(=O)c5nccn5C)cn4C)cn3C)cn2C)cn1C. The molecule has 8 N–H and O–H groups in total. The van der Waals surface area contributed by atoms with E-state index in [-0.39, 0.29) is 91.0 Å². The first-order valence-corrected chi connectivity index (χ1v) is 19.2. The van der Waals surface area contributed by atoms with Gasteiger partial charge in [0.05, 0.1) is 11.4 Å². The summed E-state index contributed by atoms with van der Waals surface area (Å²) >= 11 is 0. The number of aromatic nitrogens is 8.